The molecule has 0 spiro atoms. The van der Waals surface area contributed by atoms with Gasteiger partial charge in [0.15, 0.2) is 0 Å². The maximum Gasteiger partial charge on any atom is 0.255 e. The average molecular weight is 279 g/mol. The Kier molecular flexibility index (Phi) is 3.44. The highest BCUT2D eigenvalue weighted by atomic mass is 32.1. The van der Waals surface area contributed by atoms with Crippen LogP contribution in [0.25, 0.3) is 10.8 Å². The zero-order valence-electron chi connectivity index (χ0n) is 10.7. The van der Waals surface area contributed by atoms with Crippen molar-refractivity contribution in [1.29, 1.82) is 0 Å². The molecule has 1 amide bonds. The molecular formula is C17H13NOS. The molecule has 3 heteroatoms. The van der Waals surface area contributed by atoms with Gasteiger partial charge in [-0.25, -0.2) is 0 Å². The molecule has 3 rings (SSSR count). The van der Waals surface area contributed by atoms with Gasteiger partial charge in [-0.15, -0.1) is 12.6 Å². The van der Waals surface area contributed by atoms with Crippen LogP contribution >= 0.6 is 12.6 Å². The van der Waals surface area contributed by atoms with Gasteiger partial charge in [-0.3, -0.25) is 4.79 Å². The number of thiol groups is 1. The van der Waals surface area contributed by atoms with E-state index in [0.717, 1.165) is 21.4 Å². The van der Waals surface area contributed by atoms with Gasteiger partial charge in [0, 0.05) is 21.5 Å². The van der Waals surface area contributed by atoms with E-state index >= 15 is 0 Å². The molecule has 0 unspecified atom stereocenters. The van der Waals surface area contributed by atoms with Crippen LogP contribution < -0.4 is 5.32 Å². The van der Waals surface area contributed by atoms with E-state index in [0.29, 0.717) is 5.56 Å². The van der Waals surface area contributed by atoms with Crippen LogP contribution in [0.5, 0.6) is 0 Å². The van der Waals surface area contributed by atoms with E-state index in [4.69, 9.17) is 0 Å². The third kappa shape index (κ3) is 2.53. The molecule has 0 saturated heterocycles. The molecule has 0 bridgehead atoms. The van der Waals surface area contributed by atoms with E-state index in [1.165, 1.54) is 0 Å². The first-order chi connectivity index (χ1) is 9.74. The molecule has 98 valence electrons. The molecule has 1 N–H and O–H groups in total. The highest BCUT2D eigenvalue weighted by Crippen LogP contribution is 2.23. The number of fused-ring (bicyclic) bond motifs is 1. The van der Waals surface area contributed by atoms with Crippen LogP contribution in [0, 0.1) is 0 Å². The van der Waals surface area contributed by atoms with E-state index in [1.54, 1.807) is 24.3 Å². The van der Waals surface area contributed by atoms with Crippen molar-refractivity contribution >= 4 is 35.0 Å². The summed E-state index contributed by atoms with van der Waals surface area (Å²) in [5.41, 5.74) is 1.44. The van der Waals surface area contributed by atoms with E-state index in [9.17, 15) is 4.79 Å². The summed E-state index contributed by atoms with van der Waals surface area (Å²) in [5, 5.41) is 5.10. The monoisotopic (exact) mass is 279 g/mol. The quantitative estimate of drug-likeness (QED) is 0.670. The Balaban J connectivity index is 1.93. The van der Waals surface area contributed by atoms with Crippen molar-refractivity contribution in [3.8, 4) is 0 Å². The molecule has 0 radical (unpaired) electrons. The van der Waals surface area contributed by atoms with Crippen molar-refractivity contribution in [2.45, 2.75) is 4.90 Å². The number of anilines is 1. The summed E-state index contributed by atoms with van der Waals surface area (Å²) in [4.78, 5) is 13.1. The summed E-state index contributed by atoms with van der Waals surface area (Å²) < 4.78 is 0. The summed E-state index contributed by atoms with van der Waals surface area (Å²) in [7, 11) is 0. The summed E-state index contributed by atoms with van der Waals surface area (Å²) >= 11 is 4.22. The van der Waals surface area contributed by atoms with Gasteiger partial charge < -0.3 is 5.32 Å². The number of amides is 1. The second-order valence-electron chi connectivity index (χ2n) is 4.53. The third-order valence-corrected chi connectivity index (χ3v) is 3.47. The van der Waals surface area contributed by atoms with Crippen LogP contribution in [-0.2, 0) is 0 Å². The second-order valence-corrected chi connectivity index (χ2v) is 5.04. The van der Waals surface area contributed by atoms with E-state index in [2.05, 4.69) is 17.9 Å². The summed E-state index contributed by atoms with van der Waals surface area (Å²) in [6.45, 7) is 0. The predicted octanol–water partition coefficient (Wildman–Crippen LogP) is 4.38. The van der Waals surface area contributed by atoms with Crippen LogP contribution in [0.3, 0.4) is 0 Å². The Hall–Kier alpha value is -2.26. The number of carbonyl (C=O) groups excluding carboxylic acids is 1. The zero-order valence-corrected chi connectivity index (χ0v) is 11.6. The van der Waals surface area contributed by atoms with Gasteiger partial charge in [0.25, 0.3) is 5.91 Å². The number of nitrogens with one attached hydrogen (secondary N) is 1. The van der Waals surface area contributed by atoms with Crippen molar-refractivity contribution in [2.24, 2.45) is 0 Å². The zero-order chi connectivity index (χ0) is 13.9. The molecule has 3 aromatic carbocycles. The minimum Gasteiger partial charge on any atom is -0.321 e. The Morgan fingerprint density at radius 3 is 2.35 bits per heavy atom. The molecule has 0 aliphatic heterocycles. The van der Waals surface area contributed by atoms with Crippen LogP contribution in [0.1, 0.15) is 10.4 Å². The minimum atomic E-state index is -0.116. The molecular weight excluding hydrogens is 266 g/mol. The van der Waals surface area contributed by atoms with Crippen LogP contribution in [0.2, 0.25) is 0 Å². The van der Waals surface area contributed by atoms with Gasteiger partial charge in [-0.05, 0) is 35.7 Å². The Morgan fingerprint density at radius 2 is 1.55 bits per heavy atom. The topological polar surface area (TPSA) is 29.1 Å². The van der Waals surface area contributed by atoms with E-state index in [-0.39, 0.29) is 5.91 Å². The SMILES string of the molecule is O=C(Nc1cccc2ccccc12)c1ccc(S)cc1. The van der Waals surface area contributed by atoms with Crippen molar-refractivity contribution < 1.29 is 4.79 Å². The lowest BCUT2D eigenvalue weighted by Crippen LogP contribution is -2.11. The van der Waals surface area contributed by atoms with Gasteiger partial charge in [-0.1, -0.05) is 36.4 Å². The normalized spacial score (nSPS) is 10.4. The molecule has 3 aromatic rings. The van der Waals surface area contributed by atoms with Crippen LogP contribution in [-0.4, -0.2) is 5.91 Å². The first-order valence-corrected chi connectivity index (χ1v) is 6.77. The molecule has 20 heavy (non-hydrogen) atoms. The highest BCUT2D eigenvalue weighted by molar-refractivity contribution is 7.80. The molecule has 0 heterocycles. The number of benzene rings is 3. The van der Waals surface area contributed by atoms with Crippen LogP contribution in [0.4, 0.5) is 5.69 Å². The fourth-order valence-corrected chi connectivity index (χ4v) is 2.29. The van der Waals surface area contributed by atoms with Gasteiger partial charge in [0.2, 0.25) is 0 Å². The molecule has 0 aromatic heterocycles. The first kappa shape index (κ1) is 12.8. The smallest absolute Gasteiger partial charge is 0.255 e. The Bertz CT molecular complexity index is 760. The largest absolute Gasteiger partial charge is 0.321 e. The van der Waals surface area contributed by atoms with Gasteiger partial charge in [0.05, 0.1) is 0 Å². The summed E-state index contributed by atoms with van der Waals surface area (Å²) in [5.74, 6) is -0.116. The molecule has 0 aliphatic rings. The van der Waals surface area contributed by atoms with Gasteiger partial charge >= 0.3 is 0 Å². The highest BCUT2D eigenvalue weighted by Gasteiger charge is 2.07. The summed E-state index contributed by atoms with van der Waals surface area (Å²) in [6, 6.07) is 21.0. The summed E-state index contributed by atoms with van der Waals surface area (Å²) in [6.07, 6.45) is 0. The van der Waals surface area contributed by atoms with Gasteiger partial charge in [0.1, 0.15) is 0 Å². The van der Waals surface area contributed by atoms with Crippen molar-refractivity contribution in [3.05, 3.63) is 72.3 Å². The van der Waals surface area contributed by atoms with Gasteiger partial charge in [-0.2, -0.15) is 0 Å². The van der Waals surface area contributed by atoms with Crippen molar-refractivity contribution in [1.82, 2.24) is 0 Å². The van der Waals surface area contributed by atoms with Crippen molar-refractivity contribution in [3.63, 3.8) is 0 Å². The molecule has 0 saturated carbocycles. The maximum atomic E-state index is 12.2. The first-order valence-electron chi connectivity index (χ1n) is 6.32. The number of carbonyl (C=O) groups is 1. The van der Waals surface area contributed by atoms with E-state index < -0.39 is 0 Å². The lowest BCUT2D eigenvalue weighted by atomic mass is 10.1. The lowest BCUT2D eigenvalue weighted by molar-refractivity contribution is 0.102. The third-order valence-electron chi connectivity index (χ3n) is 3.17. The molecule has 0 atom stereocenters. The number of hydrogen-bond acceptors (Lipinski definition) is 2. The Labute approximate surface area is 122 Å². The number of hydrogen-bond donors (Lipinski definition) is 2. The fourth-order valence-electron chi connectivity index (χ4n) is 2.14. The molecule has 2 nitrogen and oxygen atoms in total. The lowest BCUT2D eigenvalue weighted by Gasteiger charge is -2.08. The number of rotatable bonds is 2. The van der Waals surface area contributed by atoms with Crippen LogP contribution in [0.15, 0.2) is 71.6 Å². The molecule has 0 aliphatic carbocycles. The predicted molar refractivity (Wildman–Crippen MR) is 85.6 cm³/mol. The molecule has 0 fully saturated rings. The maximum absolute atomic E-state index is 12.2. The minimum absolute atomic E-state index is 0.116. The van der Waals surface area contributed by atoms with Crippen molar-refractivity contribution in [2.75, 3.05) is 5.32 Å². The average Bonchev–Trinajstić information content (AvgIpc) is 2.48. The fraction of sp³-hybridized carbons (Fsp3) is 0. The Morgan fingerprint density at radius 1 is 0.850 bits per heavy atom. The standard InChI is InChI=1S/C17H13NOS/c19-17(13-8-10-14(20)11-9-13)18-16-7-3-5-12-4-1-2-6-15(12)16/h1-11,20H,(H,18,19). The second kappa shape index (κ2) is 5.39. The van der Waals surface area contributed by atoms with E-state index in [1.807, 2.05) is 42.5 Å².